The summed E-state index contributed by atoms with van der Waals surface area (Å²) in [6.45, 7) is 1.79. The quantitative estimate of drug-likeness (QED) is 0.886. The smallest absolute Gasteiger partial charge is 0.242 e. The van der Waals surface area contributed by atoms with Crippen molar-refractivity contribution in [3.05, 3.63) is 22.7 Å². The van der Waals surface area contributed by atoms with Gasteiger partial charge in [-0.25, -0.2) is 4.98 Å². The molecule has 1 unspecified atom stereocenters. The highest BCUT2D eigenvalue weighted by Gasteiger charge is 2.19. The van der Waals surface area contributed by atoms with E-state index in [0.29, 0.717) is 5.95 Å². The van der Waals surface area contributed by atoms with Gasteiger partial charge in [0, 0.05) is 11.5 Å². The van der Waals surface area contributed by atoms with E-state index < -0.39 is 0 Å². The summed E-state index contributed by atoms with van der Waals surface area (Å²) in [7, 11) is 1.60. The van der Waals surface area contributed by atoms with Gasteiger partial charge in [0.25, 0.3) is 0 Å². The summed E-state index contributed by atoms with van der Waals surface area (Å²) in [5.74, 6) is 0.241. The number of carbonyl (C=O) groups excluding carboxylic acids is 1. The number of nitrogens with one attached hydrogen (secondary N) is 1. The number of hydrogen-bond donors (Lipinski definition) is 2. The average Bonchev–Trinajstić information content (AvgIpc) is 2.62. The molecule has 5 nitrogen and oxygen atoms in total. The molecular weight excluding hydrogens is 284 g/mol. The van der Waals surface area contributed by atoms with Gasteiger partial charge in [-0.05, 0) is 25.1 Å². The van der Waals surface area contributed by atoms with Crippen LogP contribution in [0.2, 0.25) is 0 Å². The number of halogens is 1. The Morgan fingerprint density at radius 1 is 1.59 bits per heavy atom. The number of anilines is 1. The topological polar surface area (TPSA) is 72.9 Å². The van der Waals surface area contributed by atoms with Gasteiger partial charge in [-0.15, -0.1) is 0 Å². The van der Waals surface area contributed by atoms with Crippen LogP contribution in [0, 0.1) is 0 Å². The highest BCUT2D eigenvalue weighted by molar-refractivity contribution is 9.10. The van der Waals surface area contributed by atoms with Gasteiger partial charge in [0.2, 0.25) is 11.9 Å². The summed E-state index contributed by atoms with van der Waals surface area (Å²) in [6.07, 6.45) is 0. The first-order chi connectivity index (χ1) is 8.04. The fraction of sp³-hybridized carbons (Fsp3) is 0.273. The molecule has 0 saturated carbocycles. The van der Waals surface area contributed by atoms with Crippen molar-refractivity contribution in [1.82, 2.24) is 14.9 Å². The first-order valence-electron chi connectivity index (χ1n) is 5.19. The monoisotopic (exact) mass is 296 g/mol. The van der Waals surface area contributed by atoms with Crippen molar-refractivity contribution in [2.45, 2.75) is 13.0 Å². The van der Waals surface area contributed by atoms with Gasteiger partial charge in [-0.2, -0.15) is 0 Å². The number of likely N-dealkylation sites (N-methyl/N-ethyl adjacent to an activating group) is 1. The van der Waals surface area contributed by atoms with Crippen LogP contribution in [0.25, 0.3) is 11.0 Å². The second-order valence-corrected chi connectivity index (χ2v) is 4.68. The minimum Gasteiger partial charge on any atom is -0.369 e. The summed E-state index contributed by atoms with van der Waals surface area (Å²) in [6, 6.07) is 5.27. The molecule has 1 amide bonds. The molecule has 1 atom stereocenters. The summed E-state index contributed by atoms with van der Waals surface area (Å²) in [5.41, 5.74) is 7.47. The number of benzene rings is 1. The summed E-state index contributed by atoms with van der Waals surface area (Å²) in [4.78, 5) is 15.9. The summed E-state index contributed by atoms with van der Waals surface area (Å²) < 4.78 is 2.65. The van der Waals surface area contributed by atoms with E-state index in [4.69, 9.17) is 5.73 Å². The number of aromatic nitrogens is 2. The van der Waals surface area contributed by atoms with Crippen molar-refractivity contribution >= 4 is 38.8 Å². The maximum Gasteiger partial charge on any atom is 0.242 e. The molecule has 6 heteroatoms. The predicted molar refractivity (Wildman–Crippen MR) is 70.6 cm³/mol. The lowest BCUT2D eigenvalue weighted by Crippen LogP contribution is -2.28. The van der Waals surface area contributed by atoms with Gasteiger partial charge in [-0.3, -0.25) is 9.36 Å². The minimum absolute atomic E-state index is 0.101. The lowest BCUT2D eigenvalue weighted by Gasteiger charge is -2.14. The average molecular weight is 297 g/mol. The van der Waals surface area contributed by atoms with E-state index in [-0.39, 0.29) is 11.9 Å². The van der Waals surface area contributed by atoms with Crippen molar-refractivity contribution in [2.24, 2.45) is 0 Å². The van der Waals surface area contributed by atoms with Crippen molar-refractivity contribution in [1.29, 1.82) is 0 Å². The SMILES string of the molecule is CNC(=O)C(C)n1c(N)nc2ccc(Br)cc21. The molecule has 0 aliphatic heterocycles. The third-order valence-corrected chi connectivity index (χ3v) is 3.19. The molecule has 0 spiro atoms. The number of amides is 1. The van der Waals surface area contributed by atoms with Crippen molar-refractivity contribution in [2.75, 3.05) is 12.8 Å². The van der Waals surface area contributed by atoms with Gasteiger partial charge < -0.3 is 11.1 Å². The van der Waals surface area contributed by atoms with Crippen LogP contribution in [-0.2, 0) is 4.79 Å². The Morgan fingerprint density at radius 3 is 2.94 bits per heavy atom. The van der Waals surface area contributed by atoms with Crippen LogP contribution < -0.4 is 11.1 Å². The largest absolute Gasteiger partial charge is 0.369 e. The third kappa shape index (κ3) is 2.00. The first-order valence-corrected chi connectivity index (χ1v) is 5.98. The Morgan fingerprint density at radius 2 is 2.29 bits per heavy atom. The second kappa shape index (κ2) is 4.37. The Kier molecular flexibility index (Phi) is 3.06. The Hall–Kier alpha value is -1.56. The maximum atomic E-state index is 11.7. The van der Waals surface area contributed by atoms with E-state index >= 15 is 0 Å². The number of imidazole rings is 1. The number of hydrogen-bond acceptors (Lipinski definition) is 3. The number of nitrogens with two attached hydrogens (primary N) is 1. The zero-order chi connectivity index (χ0) is 12.6. The van der Waals surface area contributed by atoms with Gasteiger partial charge in [0.15, 0.2) is 0 Å². The molecule has 1 aromatic heterocycles. The third-order valence-electron chi connectivity index (χ3n) is 2.69. The van der Waals surface area contributed by atoms with Gasteiger partial charge in [0.1, 0.15) is 6.04 Å². The van der Waals surface area contributed by atoms with Crippen molar-refractivity contribution in [3.8, 4) is 0 Å². The normalized spacial score (nSPS) is 12.6. The number of fused-ring (bicyclic) bond motifs is 1. The fourth-order valence-electron chi connectivity index (χ4n) is 1.82. The lowest BCUT2D eigenvalue weighted by molar-refractivity contribution is -0.123. The highest BCUT2D eigenvalue weighted by Crippen LogP contribution is 2.25. The predicted octanol–water partition coefficient (Wildman–Crippen LogP) is 1.69. The van der Waals surface area contributed by atoms with Crippen LogP contribution >= 0.6 is 15.9 Å². The molecule has 0 saturated heterocycles. The molecule has 1 heterocycles. The molecule has 1 aromatic carbocycles. The Labute approximate surface area is 107 Å². The van der Waals surface area contributed by atoms with Crippen molar-refractivity contribution < 1.29 is 4.79 Å². The van der Waals surface area contributed by atoms with Gasteiger partial charge >= 0.3 is 0 Å². The molecule has 0 bridgehead atoms. The van der Waals surface area contributed by atoms with Crippen LogP contribution in [0.3, 0.4) is 0 Å². The van der Waals surface area contributed by atoms with E-state index in [1.807, 2.05) is 18.2 Å². The van der Waals surface area contributed by atoms with Crippen LogP contribution in [0.5, 0.6) is 0 Å². The van der Waals surface area contributed by atoms with Crippen LogP contribution in [0.1, 0.15) is 13.0 Å². The van der Waals surface area contributed by atoms with E-state index in [2.05, 4.69) is 26.2 Å². The molecule has 90 valence electrons. The standard InChI is InChI=1S/C11H13BrN4O/c1-6(10(17)14-2)16-9-5-7(12)3-4-8(9)15-11(16)13/h3-6H,1-2H3,(H2,13,15)(H,14,17). The maximum absolute atomic E-state index is 11.7. The molecule has 0 aliphatic rings. The van der Waals surface area contributed by atoms with Crippen molar-refractivity contribution in [3.63, 3.8) is 0 Å². The molecule has 2 aromatic rings. The van der Waals surface area contributed by atoms with Gasteiger partial charge in [-0.1, -0.05) is 15.9 Å². The molecule has 0 fully saturated rings. The van der Waals surface area contributed by atoms with E-state index in [0.717, 1.165) is 15.5 Å². The fourth-order valence-corrected chi connectivity index (χ4v) is 2.17. The molecule has 0 radical (unpaired) electrons. The molecule has 0 aliphatic carbocycles. The van der Waals surface area contributed by atoms with E-state index in [1.165, 1.54) is 0 Å². The minimum atomic E-state index is -0.390. The van der Waals surface area contributed by atoms with Crippen LogP contribution in [0.15, 0.2) is 22.7 Å². The molecule has 3 N–H and O–H groups in total. The zero-order valence-corrected chi connectivity index (χ0v) is 11.2. The summed E-state index contributed by atoms with van der Waals surface area (Å²) in [5, 5.41) is 2.60. The Bertz CT molecular complexity index is 578. The number of nitrogens with zero attached hydrogens (tertiary/aromatic N) is 2. The van der Waals surface area contributed by atoms with Crippen LogP contribution in [-0.4, -0.2) is 22.5 Å². The highest BCUT2D eigenvalue weighted by atomic mass is 79.9. The van der Waals surface area contributed by atoms with E-state index in [9.17, 15) is 4.79 Å². The first kappa shape index (κ1) is 11.9. The summed E-state index contributed by atoms with van der Waals surface area (Å²) >= 11 is 3.40. The second-order valence-electron chi connectivity index (χ2n) is 3.76. The number of nitrogen functional groups attached to an aromatic ring is 1. The van der Waals surface area contributed by atoms with Gasteiger partial charge in [0.05, 0.1) is 11.0 Å². The number of rotatable bonds is 2. The lowest BCUT2D eigenvalue weighted by atomic mass is 10.2. The molecular formula is C11H13BrN4O. The van der Waals surface area contributed by atoms with E-state index in [1.54, 1.807) is 18.5 Å². The van der Waals surface area contributed by atoms with Crippen LogP contribution in [0.4, 0.5) is 5.95 Å². The molecule has 17 heavy (non-hydrogen) atoms. The Balaban J connectivity index is 2.63. The zero-order valence-electron chi connectivity index (χ0n) is 9.57. The number of carbonyl (C=O) groups is 1. The molecule has 2 rings (SSSR count).